The zero-order valence-corrected chi connectivity index (χ0v) is 19.3. The fourth-order valence-electron chi connectivity index (χ4n) is 3.59. The summed E-state index contributed by atoms with van der Waals surface area (Å²) in [6.45, 7) is 0. The van der Waals surface area contributed by atoms with Crippen molar-refractivity contribution in [1.29, 1.82) is 0 Å². The van der Waals surface area contributed by atoms with Crippen LogP contribution in [-0.4, -0.2) is 23.4 Å². The number of alkyl halides is 6. The molecule has 0 N–H and O–H groups in total. The van der Waals surface area contributed by atoms with Gasteiger partial charge in [-0.15, -0.1) is 0 Å². The summed E-state index contributed by atoms with van der Waals surface area (Å²) in [6.07, 6.45) is -9.02. The first-order valence-electron chi connectivity index (χ1n) is 9.98. The van der Waals surface area contributed by atoms with Gasteiger partial charge in [-0.3, -0.25) is 4.79 Å². The van der Waals surface area contributed by atoms with Gasteiger partial charge in [-0.05, 0) is 42.0 Å². The minimum atomic E-state index is -4.84. The number of fused-ring (bicyclic) bond motifs is 1. The third kappa shape index (κ3) is 4.82. The molecule has 5 nitrogen and oxygen atoms in total. The van der Waals surface area contributed by atoms with E-state index in [1.54, 1.807) is 0 Å². The van der Waals surface area contributed by atoms with E-state index in [-0.39, 0.29) is 16.5 Å². The lowest BCUT2D eigenvalue weighted by molar-refractivity contribution is -0.138. The van der Waals surface area contributed by atoms with Crippen molar-refractivity contribution in [2.45, 2.75) is 23.7 Å². The van der Waals surface area contributed by atoms with Crippen molar-refractivity contribution in [1.82, 2.24) is 9.19 Å². The second kappa shape index (κ2) is 8.93. The minimum absolute atomic E-state index is 0.0760. The van der Waals surface area contributed by atoms with Crippen molar-refractivity contribution in [2.24, 2.45) is 0 Å². The first-order valence-corrected chi connectivity index (χ1v) is 11.8. The molecular weight excluding hydrogens is 534 g/mol. The molecule has 4 aromatic rings. The Hall–Kier alpha value is -3.38. The summed E-state index contributed by atoms with van der Waals surface area (Å²) in [7, 11) is -4.58. The lowest BCUT2D eigenvalue weighted by Crippen LogP contribution is -2.16. The number of carbonyl (C=O) groups excluding carboxylic acids is 1. The van der Waals surface area contributed by atoms with E-state index in [0.29, 0.717) is 16.2 Å². The van der Waals surface area contributed by atoms with Crippen molar-refractivity contribution < 1.29 is 39.6 Å². The molecule has 188 valence electrons. The van der Waals surface area contributed by atoms with Crippen LogP contribution in [0.3, 0.4) is 0 Å². The summed E-state index contributed by atoms with van der Waals surface area (Å²) in [5.41, 5.74) is -3.05. The topological polar surface area (TPSA) is 69.0 Å². The lowest BCUT2D eigenvalue weighted by atomic mass is 9.97. The van der Waals surface area contributed by atoms with Crippen molar-refractivity contribution in [3.8, 4) is 0 Å². The number of Topliss-reactive ketones (excluding diaryl/α,β-unsaturated/α-hetero) is 1. The smallest absolute Gasteiger partial charge is 0.294 e. The first-order chi connectivity index (χ1) is 16.7. The molecule has 0 aliphatic rings. The minimum Gasteiger partial charge on any atom is -0.294 e. The summed E-state index contributed by atoms with van der Waals surface area (Å²) in [6, 6.07) is 10.0. The maximum absolute atomic E-state index is 13.4. The zero-order valence-electron chi connectivity index (χ0n) is 17.7. The Morgan fingerprint density at radius 1 is 0.917 bits per heavy atom. The maximum Gasteiger partial charge on any atom is 0.417 e. The van der Waals surface area contributed by atoms with Crippen molar-refractivity contribution in [2.75, 3.05) is 0 Å². The average Bonchev–Trinajstić information content (AvgIpc) is 3.22. The maximum atomic E-state index is 13.4. The molecular formula is C23H13ClF6N2O3S. The largest absolute Gasteiger partial charge is 0.417 e. The molecule has 0 amide bonds. The number of rotatable bonds is 5. The molecule has 0 aliphatic heterocycles. The number of carbonyl (C=O) groups is 1. The Balaban J connectivity index is 1.74. The van der Waals surface area contributed by atoms with Crippen LogP contribution in [-0.2, 0) is 28.8 Å². The van der Waals surface area contributed by atoms with Crippen LogP contribution in [0.5, 0.6) is 0 Å². The first kappa shape index (κ1) is 25.7. The van der Waals surface area contributed by atoms with Crippen LogP contribution in [0.4, 0.5) is 26.3 Å². The summed E-state index contributed by atoms with van der Waals surface area (Å²) in [5.74, 6) is -0.959. The quantitative estimate of drug-likeness (QED) is 0.215. The number of nitrogens with zero attached hydrogens (tertiary/aromatic N) is 2. The van der Waals surface area contributed by atoms with Crippen LogP contribution in [0.1, 0.15) is 27.0 Å². The number of hydrogen-bond acceptors (Lipinski definition) is 4. The summed E-state index contributed by atoms with van der Waals surface area (Å²) in [5, 5.41) is 3.65. The summed E-state index contributed by atoms with van der Waals surface area (Å²) >= 11 is 5.88. The molecule has 13 heteroatoms. The highest BCUT2D eigenvalue weighted by Gasteiger charge is 2.36. The van der Waals surface area contributed by atoms with E-state index in [2.05, 4.69) is 5.10 Å². The molecule has 0 bridgehead atoms. The van der Waals surface area contributed by atoms with Gasteiger partial charge < -0.3 is 0 Å². The van der Waals surface area contributed by atoms with E-state index in [4.69, 9.17) is 11.6 Å². The van der Waals surface area contributed by atoms with Crippen LogP contribution in [0, 0.1) is 0 Å². The molecule has 36 heavy (non-hydrogen) atoms. The average molecular weight is 547 g/mol. The molecule has 0 atom stereocenters. The van der Waals surface area contributed by atoms with Crippen LogP contribution in [0.25, 0.3) is 10.9 Å². The van der Waals surface area contributed by atoms with Crippen LogP contribution < -0.4 is 0 Å². The van der Waals surface area contributed by atoms with Gasteiger partial charge in [0.05, 0.1) is 32.8 Å². The highest BCUT2D eigenvalue weighted by Crippen LogP contribution is 2.36. The fourth-order valence-corrected chi connectivity index (χ4v) is 5.19. The van der Waals surface area contributed by atoms with E-state index in [0.717, 1.165) is 36.5 Å². The van der Waals surface area contributed by atoms with Gasteiger partial charge in [0.25, 0.3) is 10.0 Å². The van der Waals surface area contributed by atoms with Crippen LogP contribution in [0.15, 0.2) is 71.8 Å². The Morgan fingerprint density at radius 3 is 2.28 bits per heavy atom. The molecule has 4 rings (SSSR count). The third-order valence-electron chi connectivity index (χ3n) is 5.25. The number of benzene rings is 3. The van der Waals surface area contributed by atoms with Crippen molar-refractivity contribution in [3.05, 3.63) is 94.1 Å². The number of aromatic nitrogens is 2. The Bertz CT molecular complexity index is 1590. The Labute approximate surface area is 205 Å². The third-order valence-corrected chi connectivity index (χ3v) is 7.16. The van der Waals surface area contributed by atoms with E-state index >= 15 is 0 Å². The molecule has 1 aromatic heterocycles. The van der Waals surface area contributed by atoms with Gasteiger partial charge in [0.2, 0.25) is 0 Å². The van der Waals surface area contributed by atoms with Gasteiger partial charge in [0.15, 0.2) is 5.78 Å². The van der Waals surface area contributed by atoms with E-state index in [1.807, 2.05) is 0 Å². The Morgan fingerprint density at radius 2 is 1.61 bits per heavy atom. The summed E-state index contributed by atoms with van der Waals surface area (Å²) in [4.78, 5) is 12.1. The van der Waals surface area contributed by atoms with Crippen molar-refractivity contribution in [3.63, 3.8) is 0 Å². The van der Waals surface area contributed by atoms with Crippen LogP contribution >= 0.6 is 11.6 Å². The van der Waals surface area contributed by atoms with Gasteiger partial charge in [-0.1, -0.05) is 35.9 Å². The van der Waals surface area contributed by atoms with Gasteiger partial charge in [-0.25, -0.2) is 0 Å². The molecule has 0 saturated heterocycles. The second-order valence-electron chi connectivity index (χ2n) is 7.67. The van der Waals surface area contributed by atoms with E-state index < -0.39 is 61.2 Å². The standard InChI is InChI=1S/C23H13ClF6N2O3S/c24-18-6-2-5-17(23(28,29)30)21(18)20(33)10-13-7-8-14-12-31-32(19(14)9-13)36(34,35)16-4-1-3-15(11-16)22(25,26)27/h1-9,11-12H,10H2. The highest BCUT2D eigenvalue weighted by molar-refractivity contribution is 7.90. The predicted octanol–water partition coefficient (Wildman–Crippen LogP) is 6.39. The lowest BCUT2D eigenvalue weighted by Gasteiger charge is -2.13. The SMILES string of the molecule is O=C(Cc1ccc2cnn(S(=O)(=O)c3cccc(C(F)(F)F)c3)c2c1)c1c(Cl)cccc1C(F)(F)F. The monoisotopic (exact) mass is 546 g/mol. The normalized spacial score (nSPS) is 12.8. The molecule has 0 aliphatic carbocycles. The second-order valence-corrected chi connectivity index (χ2v) is 9.85. The molecule has 0 saturated carbocycles. The zero-order chi connectivity index (χ0) is 26.5. The molecule has 0 radical (unpaired) electrons. The fraction of sp³-hybridized carbons (Fsp3) is 0.130. The van der Waals surface area contributed by atoms with Gasteiger partial charge in [0, 0.05) is 17.4 Å². The number of halogens is 7. The number of hydrogen-bond donors (Lipinski definition) is 0. The van der Waals surface area contributed by atoms with E-state index in [1.165, 1.54) is 18.2 Å². The van der Waals surface area contributed by atoms with Crippen LogP contribution in [0.2, 0.25) is 5.02 Å². The van der Waals surface area contributed by atoms with E-state index in [9.17, 15) is 39.6 Å². The molecule has 0 fully saturated rings. The number of ketones is 1. The molecule has 0 unspecified atom stereocenters. The van der Waals surface area contributed by atoms with Gasteiger partial charge >= 0.3 is 12.4 Å². The summed E-state index contributed by atoms with van der Waals surface area (Å²) < 4.78 is 106. The predicted molar refractivity (Wildman–Crippen MR) is 118 cm³/mol. The van der Waals surface area contributed by atoms with Gasteiger partial charge in [0.1, 0.15) is 0 Å². The molecule has 0 spiro atoms. The molecule has 3 aromatic carbocycles. The highest BCUT2D eigenvalue weighted by atomic mass is 35.5. The Kier molecular flexibility index (Phi) is 6.38. The van der Waals surface area contributed by atoms with Gasteiger partial charge in [-0.2, -0.15) is 43.9 Å². The van der Waals surface area contributed by atoms with Crippen molar-refractivity contribution >= 4 is 38.3 Å². The molecule has 1 heterocycles.